The second-order valence-corrected chi connectivity index (χ2v) is 33.5. The molecule has 0 fully saturated rings. The maximum Gasteiger partial charge on any atom is 0.472 e. The summed E-state index contributed by atoms with van der Waals surface area (Å²) >= 11 is 0. The van der Waals surface area contributed by atoms with Crippen molar-refractivity contribution in [2.24, 2.45) is 23.7 Å². The van der Waals surface area contributed by atoms with Crippen molar-refractivity contribution in [1.29, 1.82) is 0 Å². The quantitative estimate of drug-likeness (QED) is 0.0222. The Bertz CT molecular complexity index is 1960. The predicted octanol–water partition coefficient (Wildman–Crippen LogP) is 24.0. The molecule has 100 heavy (non-hydrogen) atoms. The molecule has 7 atom stereocenters. The van der Waals surface area contributed by atoms with Gasteiger partial charge in [0.1, 0.15) is 19.3 Å². The number of carbonyl (C=O) groups is 4. The van der Waals surface area contributed by atoms with Gasteiger partial charge in [0.25, 0.3) is 0 Å². The van der Waals surface area contributed by atoms with Crippen LogP contribution in [0.3, 0.4) is 0 Å². The van der Waals surface area contributed by atoms with Crippen molar-refractivity contribution < 1.29 is 80.2 Å². The lowest BCUT2D eigenvalue weighted by molar-refractivity contribution is -0.161. The van der Waals surface area contributed by atoms with E-state index in [9.17, 15) is 43.2 Å². The Hall–Kier alpha value is -1.94. The SMILES string of the molecule is CCC(C)CCCCCCCCCCCCCCCCCCCCC(=O)O[C@H](COC(=O)CCCCCCCCCCCCC(C)CC)COP(=O)(O)OC[C@@H](O)COP(=O)(O)OC[C@@H](COC(=O)CCCCCCCCCCCC(C)C)OC(=O)CCCCCCCCCCCC(C)C. The Morgan fingerprint density at radius 2 is 0.480 bits per heavy atom. The van der Waals surface area contributed by atoms with Crippen LogP contribution in [0.25, 0.3) is 0 Å². The first-order chi connectivity index (χ1) is 48.2. The molecule has 0 rings (SSSR count). The zero-order valence-electron chi connectivity index (χ0n) is 65.8. The minimum absolute atomic E-state index is 0.105. The molecule has 0 aliphatic carbocycles. The number of rotatable bonds is 78. The Kier molecular flexibility index (Phi) is 68.7. The summed E-state index contributed by atoms with van der Waals surface area (Å²) < 4.78 is 68.7. The van der Waals surface area contributed by atoms with Crippen LogP contribution in [-0.4, -0.2) is 96.7 Å². The van der Waals surface area contributed by atoms with Gasteiger partial charge in [-0.3, -0.25) is 37.3 Å². The van der Waals surface area contributed by atoms with E-state index in [2.05, 4.69) is 55.4 Å². The van der Waals surface area contributed by atoms with Gasteiger partial charge < -0.3 is 33.8 Å². The van der Waals surface area contributed by atoms with Crippen LogP contribution in [0.2, 0.25) is 0 Å². The molecule has 17 nitrogen and oxygen atoms in total. The molecule has 0 aromatic heterocycles. The average molecular weight is 1470 g/mol. The highest BCUT2D eigenvalue weighted by molar-refractivity contribution is 7.47. The second-order valence-electron chi connectivity index (χ2n) is 30.6. The molecule has 0 bridgehead atoms. The fraction of sp³-hybridized carbons (Fsp3) is 0.951. The van der Waals surface area contributed by atoms with E-state index in [1.165, 1.54) is 218 Å². The van der Waals surface area contributed by atoms with Crippen LogP contribution >= 0.6 is 15.6 Å². The normalized spacial score (nSPS) is 14.6. The van der Waals surface area contributed by atoms with E-state index in [-0.39, 0.29) is 25.7 Å². The largest absolute Gasteiger partial charge is 0.472 e. The first-order valence-electron chi connectivity index (χ1n) is 41.8. The lowest BCUT2D eigenvalue weighted by atomic mass is 9.99. The third-order valence-electron chi connectivity index (χ3n) is 19.5. The highest BCUT2D eigenvalue weighted by Gasteiger charge is 2.30. The molecule has 0 saturated heterocycles. The predicted molar refractivity (Wildman–Crippen MR) is 409 cm³/mol. The number of esters is 4. The summed E-state index contributed by atoms with van der Waals surface area (Å²) in [6.45, 7) is 14.3. The third kappa shape index (κ3) is 71.7. The number of unbranched alkanes of at least 4 members (excludes halogenated alkanes) is 42. The zero-order valence-corrected chi connectivity index (χ0v) is 67.6. The van der Waals surface area contributed by atoms with Gasteiger partial charge in [0.05, 0.1) is 26.4 Å². The molecular formula is C81H158O17P2. The third-order valence-corrected chi connectivity index (χ3v) is 21.4. The molecule has 3 N–H and O–H groups in total. The average Bonchev–Trinajstić information content (AvgIpc) is 0.918. The van der Waals surface area contributed by atoms with E-state index >= 15 is 0 Å². The molecular weight excluding hydrogens is 1310 g/mol. The summed E-state index contributed by atoms with van der Waals surface area (Å²) in [5.41, 5.74) is 0. The smallest absolute Gasteiger partial charge is 0.462 e. The fourth-order valence-electron chi connectivity index (χ4n) is 12.4. The lowest BCUT2D eigenvalue weighted by Crippen LogP contribution is -2.30. The topological polar surface area (TPSA) is 237 Å². The highest BCUT2D eigenvalue weighted by Crippen LogP contribution is 2.45. The number of aliphatic hydroxyl groups excluding tert-OH is 1. The van der Waals surface area contributed by atoms with Crippen LogP contribution in [0.4, 0.5) is 0 Å². The number of carbonyl (C=O) groups excluding carboxylic acids is 4. The van der Waals surface area contributed by atoms with E-state index in [0.717, 1.165) is 114 Å². The van der Waals surface area contributed by atoms with E-state index < -0.39 is 97.5 Å². The number of aliphatic hydroxyl groups is 1. The van der Waals surface area contributed by atoms with Crippen molar-refractivity contribution in [3.63, 3.8) is 0 Å². The van der Waals surface area contributed by atoms with Crippen molar-refractivity contribution in [3.8, 4) is 0 Å². The number of ether oxygens (including phenoxy) is 4. The summed E-state index contributed by atoms with van der Waals surface area (Å²) in [7, 11) is -9.92. The van der Waals surface area contributed by atoms with E-state index in [1.54, 1.807) is 0 Å². The second kappa shape index (κ2) is 70.1. The van der Waals surface area contributed by atoms with Crippen molar-refractivity contribution in [1.82, 2.24) is 0 Å². The molecule has 0 aliphatic rings. The lowest BCUT2D eigenvalue weighted by Gasteiger charge is -2.21. The molecule has 0 aromatic rings. The molecule has 0 aromatic carbocycles. The maximum atomic E-state index is 13.1. The molecule has 19 heteroatoms. The minimum atomic E-state index is -4.96. The summed E-state index contributed by atoms with van der Waals surface area (Å²) in [4.78, 5) is 73.0. The van der Waals surface area contributed by atoms with E-state index in [1.807, 2.05) is 0 Å². The summed E-state index contributed by atoms with van der Waals surface area (Å²) in [5, 5.41) is 10.6. The Morgan fingerprint density at radius 3 is 0.710 bits per heavy atom. The van der Waals surface area contributed by atoms with Crippen molar-refractivity contribution in [2.45, 2.75) is 433 Å². The monoisotopic (exact) mass is 1470 g/mol. The molecule has 0 saturated carbocycles. The highest BCUT2D eigenvalue weighted by atomic mass is 31.2. The van der Waals surface area contributed by atoms with Gasteiger partial charge in [0.15, 0.2) is 12.2 Å². The summed E-state index contributed by atoms with van der Waals surface area (Å²) in [5.74, 6) is 1.05. The number of phosphoric acid groups is 2. The van der Waals surface area contributed by atoms with Gasteiger partial charge in [0, 0.05) is 25.7 Å². The van der Waals surface area contributed by atoms with E-state index in [4.69, 9.17) is 37.0 Å². The van der Waals surface area contributed by atoms with Crippen LogP contribution in [0.1, 0.15) is 415 Å². The van der Waals surface area contributed by atoms with Crippen molar-refractivity contribution in [2.75, 3.05) is 39.6 Å². The minimum Gasteiger partial charge on any atom is -0.462 e. The molecule has 0 heterocycles. The number of hydrogen-bond acceptors (Lipinski definition) is 15. The van der Waals surface area contributed by atoms with E-state index in [0.29, 0.717) is 25.7 Å². The molecule has 4 unspecified atom stereocenters. The molecule has 0 amide bonds. The van der Waals surface area contributed by atoms with Crippen molar-refractivity contribution in [3.05, 3.63) is 0 Å². The van der Waals surface area contributed by atoms with Gasteiger partial charge >= 0.3 is 39.5 Å². The summed E-state index contributed by atoms with van der Waals surface area (Å²) in [6, 6.07) is 0. The van der Waals surface area contributed by atoms with Crippen molar-refractivity contribution >= 4 is 39.5 Å². The number of phosphoric ester groups is 2. The first-order valence-corrected chi connectivity index (χ1v) is 44.8. The van der Waals surface area contributed by atoms with Crippen LogP contribution in [0.15, 0.2) is 0 Å². The zero-order chi connectivity index (χ0) is 73.8. The van der Waals surface area contributed by atoms with Gasteiger partial charge in [-0.05, 0) is 49.4 Å². The molecule has 0 radical (unpaired) electrons. The van der Waals surface area contributed by atoms with Crippen LogP contribution < -0.4 is 0 Å². The van der Waals surface area contributed by atoms with Gasteiger partial charge in [0.2, 0.25) is 0 Å². The summed E-state index contributed by atoms with van der Waals surface area (Å²) in [6.07, 6.45) is 56.9. The standard InChI is InChI=1S/C81H158O17P2/c1-9-73(7)59-51-43-35-27-19-17-15-13-11-12-14-16-18-20-30-39-47-55-63-80(85)97-76(67-91-78(83)61-53-45-37-29-22-21-28-36-44-52-60-74(8)10-2)69-95-99(87,88)93-65-75(82)66-94-100(89,90)96-70-77(98-81(86)64-56-48-40-32-24-26-34-42-50-58-72(5)6)68-92-79(84)62-54-46-38-31-23-25-33-41-49-57-71(3)4/h71-77,82H,9-70H2,1-8H3,(H,87,88)(H,89,90)/t73?,74?,75-,76-,77-/m1/s1. The van der Waals surface area contributed by atoms with Gasteiger partial charge in [-0.15, -0.1) is 0 Å². The van der Waals surface area contributed by atoms with Crippen LogP contribution in [0.5, 0.6) is 0 Å². The molecule has 0 spiro atoms. The van der Waals surface area contributed by atoms with Gasteiger partial charge in [-0.1, -0.05) is 364 Å². The molecule has 0 aliphatic heterocycles. The Labute approximate surface area is 613 Å². The Balaban J connectivity index is 5.22. The maximum absolute atomic E-state index is 13.1. The number of hydrogen-bond donors (Lipinski definition) is 3. The fourth-order valence-corrected chi connectivity index (χ4v) is 13.9. The first kappa shape index (κ1) is 98.1. The molecule has 594 valence electrons. The van der Waals surface area contributed by atoms with Gasteiger partial charge in [-0.25, -0.2) is 9.13 Å². The van der Waals surface area contributed by atoms with Gasteiger partial charge in [-0.2, -0.15) is 0 Å². The van der Waals surface area contributed by atoms with Crippen LogP contribution in [-0.2, 0) is 65.4 Å². The van der Waals surface area contributed by atoms with Crippen LogP contribution in [0, 0.1) is 23.7 Å². The Morgan fingerprint density at radius 1 is 0.280 bits per heavy atom.